The molecule has 0 aromatic carbocycles. The zero-order chi connectivity index (χ0) is 11.4. The molecular weight excluding hydrogens is 202 g/mol. The Morgan fingerprint density at radius 3 is 2.27 bits per heavy atom. The summed E-state index contributed by atoms with van der Waals surface area (Å²) in [5.41, 5.74) is 0.347. The molecule has 0 radical (unpaired) electrons. The molecule has 0 saturated heterocycles. The highest BCUT2D eigenvalue weighted by Gasteiger charge is 2.33. The Balaban J connectivity index is 2.55. The van der Waals surface area contributed by atoms with Crippen molar-refractivity contribution in [3.63, 3.8) is 0 Å². The summed E-state index contributed by atoms with van der Waals surface area (Å²) >= 11 is 0. The summed E-state index contributed by atoms with van der Waals surface area (Å²) in [7, 11) is 5.19. The number of rotatable bonds is 5. The van der Waals surface area contributed by atoms with Crippen LogP contribution in [0.2, 0.25) is 0 Å². The molecule has 1 atom stereocenters. The third-order valence-corrected chi connectivity index (χ3v) is 4.72. The Morgan fingerprint density at radius 2 is 1.80 bits per heavy atom. The lowest BCUT2D eigenvalue weighted by atomic mass is 9.83. The van der Waals surface area contributed by atoms with Crippen LogP contribution >= 0.6 is 0 Å². The Kier molecular flexibility index (Phi) is 4.77. The molecule has 1 fully saturated rings. The van der Waals surface area contributed by atoms with Gasteiger partial charge in [0.2, 0.25) is 0 Å². The van der Waals surface area contributed by atoms with Gasteiger partial charge < -0.3 is 10.6 Å². The van der Waals surface area contributed by atoms with Gasteiger partial charge in [0, 0.05) is 22.3 Å². The Hall–Kier alpha value is 0.0969. The summed E-state index contributed by atoms with van der Waals surface area (Å²) in [6.07, 6.45) is 6.82. The third-order valence-electron chi connectivity index (χ3n) is 3.62. The lowest BCUT2D eigenvalue weighted by Gasteiger charge is -2.43. The van der Waals surface area contributed by atoms with Gasteiger partial charge in [-0.1, -0.05) is 19.3 Å². The molecule has 15 heavy (non-hydrogen) atoms. The fraction of sp³-hybridized carbons (Fsp3) is 1.00. The Morgan fingerprint density at radius 1 is 1.20 bits per heavy atom. The molecule has 1 aliphatic rings. The molecule has 0 aromatic rings. The largest absolute Gasteiger partial charge is 0.317 e. The lowest BCUT2D eigenvalue weighted by molar-refractivity contribution is 0.195. The molecule has 1 unspecified atom stereocenters. The minimum Gasteiger partial charge on any atom is -0.317 e. The molecule has 0 spiro atoms. The Labute approximate surface area is 97.2 Å². The van der Waals surface area contributed by atoms with Gasteiger partial charge >= 0.3 is 0 Å². The Bertz CT molecular complexity index is 185. The molecule has 0 heterocycles. The SMILES string of the molecule is CNCC([SiH3])(NC)NC1(C)CCCCC1. The van der Waals surface area contributed by atoms with Gasteiger partial charge in [-0.05, 0) is 33.9 Å². The number of likely N-dealkylation sites (N-methyl/N-ethyl adjacent to an activating group) is 2. The predicted octanol–water partition coefficient (Wildman–Crippen LogP) is -0.243. The van der Waals surface area contributed by atoms with E-state index < -0.39 is 0 Å². The van der Waals surface area contributed by atoms with Crippen molar-refractivity contribution in [3.8, 4) is 0 Å². The van der Waals surface area contributed by atoms with Gasteiger partial charge in [-0.25, -0.2) is 0 Å². The molecule has 3 nitrogen and oxygen atoms in total. The van der Waals surface area contributed by atoms with Crippen LogP contribution in [0.5, 0.6) is 0 Å². The fourth-order valence-corrected chi connectivity index (χ4v) is 3.63. The minimum absolute atomic E-state index is 0.140. The normalized spacial score (nSPS) is 25.0. The van der Waals surface area contributed by atoms with Crippen molar-refractivity contribution >= 4 is 10.2 Å². The molecule has 1 saturated carbocycles. The maximum absolute atomic E-state index is 3.85. The summed E-state index contributed by atoms with van der Waals surface area (Å²) in [6, 6.07) is 0. The maximum Gasteiger partial charge on any atom is 0.0598 e. The maximum atomic E-state index is 3.85. The van der Waals surface area contributed by atoms with Crippen LogP contribution < -0.4 is 16.0 Å². The predicted molar refractivity (Wildman–Crippen MR) is 70.3 cm³/mol. The highest BCUT2D eigenvalue weighted by Crippen LogP contribution is 2.28. The van der Waals surface area contributed by atoms with Gasteiger partial charge in [-0.2, -0.15) is 0 Å². The first kappa shape index (κ1) is 13.2. The van der Waals surface area contributed by atoms with Gasteiger partial charge in [0.05, 0.1) is 5.29 Å². The first-order valence-corrected chi connectivity index (χ1v) is 7.16. The monoisotopic (exact) mass is 229 g/mol. The summed E-state index contributed by atoms with van der Waals surface area (Å²) in [5, 5.41) is 10.7. The molecule has 3 N–H and O–H groups in total. The van der Waals surface area contributed by atoms with E-state index in [2.05, 4.69) is 29.9 Å². The summed E-state index contributed by atoms with van der Waals surface area (Å²) in [5.74, 6) is 0. The topological polar surface area (TPSA) is 36.1 Å². The first-order chi connectivity index (χ1) is 7.04. The van der Waals surface area contributed by atoms with Crippen molar-refractivity contribution < 1.29 is 0 Å². The quantitative estimate of drug-likeness (QED) is 0.450. The first-order valence-electron chi connectivity index (χ1n) is 6.16. The molecule has 1 aliphatic carbocycles. The van der Waals surface area contributed by atoms with E-state index in [1.807, 2.05) is 7.05 Å². The van der Waals surface area contributed by atoms with E-state index >= 15 is 0 Å². The number of hydrogen-bond acceptors (Lipinski definition) is 3. The van der Waals surface area contributed by atoms with Crippen molar-refractivity contribution in [2.75, 3.05) is 20.6 Å². The van der Waals surface area contributed by atoms with Crippen LogP contribution in [0.25, 0.3) is 0 Å². The van der Waals surface area contributed by atoms with E-state index in [1.54, 1.807) is 0 Å². The van der Waals surface area contributed by atoms with Crippen LogP contribution in [0.15, 0.2) is 0 Å². The van der Waals surface area contributed by atoms with E-state index in [0.29, 0.717) is 5.54 Å². The van der Waals surface area contributed by atoms with Crippen molar-refractivity contribution in [1.82, 2.24) is 16.0 Å². The summed E-state index contributed by atoms with van der Waals surface area (Å²) in [4.78, 5) is 0. The van der Waals surface area contributed by atoms with Crippen molar-refractivity contribution in [2.24, 2.45) is 0 Å². The molecule has 0 amide bonds. The molecular formula is C11H27N3Si. The van der Waals surface area contributed by atoms with E-state index in [9.17, 15) is 0 Å². The second-order valence-electron chi connectivity index (χ2n) is 5.36. The second-order valence-corrected chi connectivity index (χ2v) is 7.07. The van der Waals surface area contributed by atoms with Crippen LogP contribution in [0.1, 0.15) is 39.0 Å². The lowest BCUT2D eigenvalue weighted by Crippen LogP contribution is -2.67. The van der Waals surface area contributed by atoms with Gasteiger partial charge in [0.25, 0.3) is 0 Å². The van der Waals surface area contributed by atoms with Gasteiger partial charge in [-0.15, -0.1) is 0 Å². The van der Waals surface area contributed by atoms with Crippen LogP contribution in [0.3, 0.4) is 0 Å². The third kappa shape index (κ3) is 3.87. The minimum atomic E-state index is 0.140. The van der Waals surface area contributed by atoms with Crippen LogP contribution in [0.4, 0.5) is 0 Å². The van der Waals surface area contributed by atoms with Crippen molar-refractivity contribution in [1.29, 1.82) is 0 Å². The van der Waals surface area contributed by atoms with Crippen LogP contribution in [-0.4, -0.2) is 41.7 Å². The molecule has 0 aliphatic heterocycles. The van der Waals surface area contributed by atoms with E-state index in [1.165, 1.54) is 32.1 Å². The zero-order valence-electron chi connectivity index (χ0n) is 10.7. The number of nitrogens with one attached hydrogen (secondary N) is 3. The molecule has 90 valence electrons. The molecule has 0 bridgehead atoms. The zero-order valence-corrected chi connectivity index (χ0v) is 12.7. The average Bonchev–Trinajstić information content (AvgIpc) is 2.18. The summed E-state index contributed by atoms with van der Waals surface area (Å²) in [6.45, 7) is 3.39. The van der Waals surface area contributed by atoms with Crippen molar-refractivity contribution in [2.45, 2.75) is 49.9 Å². The van der Waals surface area contributed by atoms with Gasteiger partial charge in [0.1, 0.15) is 0 Å². The van der Waals surface area contributed by atoms with Gasteiger partial charge in [0.15, 0.2) is 0 Å². The van der Waals surface area contributed by atoms with Crippen LogP contribution in [0, 0.1) is 0 Å². The molecule has 0 aromatic heterocycles. The summed E-state index contributed by atoms with van der Waals surface area (Å²) < 4.78 is 0. The molecule has 4 heteroatoms. The average molecular weight is 229 g/mol. The second kappa shape index (κ2) is 5.43. The highest BCUT2D eigenvalue weighted by atomic mass is 28.1. The van der Waals surface area contributed by atoms with Crippen molar-refractivity contribution in [3.05, 3.63) is 0 Å². The molecule has 1 rings (SSSR count). The smallest absolute Gasteiger partial charge is 0.0598 e. The number of hydrogen-bond donors (Lipinski definition) is 3. The van der Waals surface area contributed by atoms with Crippen LogP contribution in [-0.2, 0) is 0 Å². The fourth-order valence-electron chi connectivity index (χ4n) is 2.67. The van der Waals surface area contributed by atoms with E-state index in [-0.39, 0.29) is 5.29 Å². The van der Waals surface area contributed by atoms with Gasteiger partial charge in [-0.3, -0.25) is 5.32 Å². The van der Waals surface area contributed by atoms with E-state index in [0.717, 1.165) is 16.8 Å². The van der Waals surface area contributed by atoms with E-state index in [4.69, 9.17) is 0 Å². The standard InChI is InChI=1S/C11H27N3Si/c1-10(7-5-4-6-8-10)14-11(15,13-3)9-12-2/h12-14H,4-9H2,1-3,15H3. The highest BCUT2D eigenvalue weighted by molar-refractivity contribution is 6.15.